The summed E-state index contributed by atoms with van der Waals surface area (Å²) in [6.45, 7) is 4.09. The van der Waals surface area contributed by atoms with Crippen molar-refractivity contribution in [2.75, 3.05) is 14.2 Å². The molecule has 0 amide bonds. The number of rotatable bonds is 3. The highest BCUT2D eigenvalue weighted by molar-refractivity contribution is 5.66. The first-order chi connectivity index (χ1) is 6.72. The van der Waals surface area contributed by atoms with E-state index in [4.69, 9.17) is 9.47 Å². The highest BCUT2D eigenvalue weighted by Gasteiger charge is 2.04. The standard InChI is InChI=1S/C12H16O2/c1-5-9(2)10-6-7-11(13-3)12(8-10)14-4/h5-8H,1-4H3/b9-5+. The molecule has 0 aliphatic carbocycles. The predicted octanol–water partition coefficient (Wildman–Crippen LogP) is 3.13. The number of hydrogen-bond acceptors (Lipinski definition) is 2. The molecule has 0 aliphatic heterocycles. The van der Waals surface area contributed by atoms with Gasteiger partial charge in [0.05, 0.1) is 14.2 Å². The summed E-state index contributed by atoms with van der Waals surface area (Å²) in [7, 11) is 3.28. The lowest BCUT2D eigenvalue weighted by atomic mass is 10.1. The largest absolute Gasteiger partial charge is 0.493 e. The second-order valence-corrected chi connectivity index (χ2v) is 3.04. The van der Waals surface area contributed by atoms with E-state index in [0.29, 0.717) is 0 Å². The normalized spacial score (nSPS) is 11.3. The van der Waals surface area contributed by atoms with Crippen LogP contribution in [-0.2, 0) is 0 Å². The van der Waals surface area contributed by atoms with E-state index < -0.39 is 0 Å². The van der Waals surface area contributed by atoms with Crippen LogP contribution < -0.4 is 9.47 Å². The topological polar surface area (TPSA) is 18.5 Å². The lowest BCUT2D eigenvalue weighted by Gasteiger charge is -2.09. The minimum atomic E-state index is 0.764. The van der Waals surface area contributed by atoms with Crippen LogP contribution in [0.1, 0.15) is 19.4 Å². The van der Waals surface area contributed by atoms with Crippen LogP contribution in [0.3, 0.4) is 0 Å². The fourth-order valence-electron chi connectivity index (χ4n) is 1.25. The lowest BCUT2D eigenvalue weighted by molar-refractivity contribution is 0.355. The number of ether oxygens (including phenoxy) is 2. The molecule has 76 valence electrons. The Balaban J connectivity index is 3.14. The first kappa shape index (κ1) is 10.6. The SMILES string of the molecule is C/C=C(\C)c1ccc(OC)c(OC)c1. The fourth-order valence-corrected chi connectivity index (χ4v) is 1.25. The highest BCUT2D eigenvalue weighted by atomic mass is 16.5. The Labute approximate surface area is 85.2 Å². The van der Waals surface area contributed by atoms with Gasteiger partial charge in [-0.2, -0.15) is 0 Å². The molecule has 0 bridgehead atoms. The van der Waals surface area contributed by atoms with Gasteiger partial charge in [0, 0.05) is 0 Å². The van der Waals surface area contributed by atoms with E-state index >= 15 is 0 Å². The summed E-state index contributed by atoms with van der Waals surface area (Å²) >= 11 is 0. The third-order valence-corrected chi connectivity index (χ3v) is 2.27. The van der Waals surface area contributed by atoms with Crippen LogP contribution >= 0.6 is 0 Å². The second kappa shape index (κ2) is 4.70. The average Bonchev–Trinajstić information content (AvgIpc) is 2.26. The highest BCUT2D eigenvalue weighted by Crippen LogP contribution is 2.29. The Kier molecular flexibility index (Phi) is 3.57. The minimum absolute atomic E-state index is 0.764. The van der Waals surface area contributed by atoms with Gasteiger partial charge in [-0.15, -0.1) is 0 Å². The molecule has 1 aromatic rings. The van der Waals surface area contributed by atoms with Gasteiger partial charge in [-0.1, -0.05) is 12.1 Å². The summed E-state index contributed by atoms with van der Waals surface area (Å²) in [6, 6.07) is 5.92. The predicted molar refractivity (Wildman–Crippen MR) is 58.9 cm³/mol. The first-order valence-corrected chi connectivity index (χ1v) is 4.58. The maximum atomic E-state index is 5.22. The van der Waals surface area contributed by atoms with Crippen molar-refractivity contribution in [2.45, 2.75) is 13.8 Å². The first-order valence-electron chi connectivity index (χ1n) is 4.58. The molecule has 2 heteroatoms. The molecule has 0 aliphatic rings. The Morgan fingerprint density at radius 2 is 1.79 bits per heavy atom. The Morgan fingerprint density at radius 3 is 2.29 bits per heavy atom. The molecule has 0 aromatic heterocycles. The molecule has 0 N–H and O–H groups in total. The summed E-state index contributed by atoms with van der Waals surface area (Å²) in [4.78, 5) is 0. The van der Waals surface area contributed by atoms with Gasteiger partial charge in [-0.25, -0.2) is 0 Å². The van der Waals surface area contributed by atoms with Gasteiger partial charge >= 0.3 is 0 Å². The van der Waals surface area contributed by atoms with E-state index in [2.05, 4.69) is 13.0 Å². The summed E-state index contributed by atoms with van der Waals surface area (Å²) in [5, 5.41) is 0. The van der Waals surface area contributed by atoms with Gasteiger partial charge in [0.25, 0.3) is 0 Å². The van der Waals surface area contributed by atoms with E-state index in [-0.39, 0.29) is 0 Å². The molecule has 0 radical (unpaired) electrons. The fraction of sp³-hybridized carbons (Fsp3) is 0.333. The molecule has 0 atom stereocenters. The molecule has 0 fully saturated rings. The van der Waals surface area contributed by atoms with E-state index in [1.165, 1.54) is 5.57 Å². The Morgan fingerprint density at radius 1 is 1.14 bits per heavy atom. The van der Waals surface area contributed by atoms with Crippen molar-refractivity contribution in [1.82, 2.24) is 0 Å². The van der Waals surface area contributed by atoms with Gasteiger partial charge in [0.2, 0.25) is 0 Å². The van der Waals surface area contributed by atoms with Crippen molar-refractivity contribution >= 4 is 5.57 Å². The van der Waals surface area contributed by atoms with Crippen molar-refractivity contribution in [3.63, 3.8) is 0 Å². The molecule has 0 saturated carbocycles. The maximum absolute atomic E-state index is 5.22. The van der Waals surface area contributed by atoms with Crippen LogP contribution in [0, 0.1) is 0 Å². The van der Waals surface area contributed by atoms with E-state index in [9.17, 15) is 0 Å². The molecule has 1 aromatic carbocycles. The quantitative estimate of drug-likeness (QED) is 0.732. The Bertz CT molecular complexity index is 340. The number of allylic oxidation sites excluding steroid dienone is 2. The zero-order chi connectivity index (χ0) is 10.6. The zero-order valence-corrected chi connectivity index (χ0v) is 9.13. The van der Waals surface area contributed by atoms with Crippen molar-refractivity contribution in [2.24, 2.45) is 0 Å². The van der Waals surface area contributed by atoms with Gasteiger partial charge in [-0.3, -0.25) is 0 Å². The molecule has 1 rings (SSSR count). The van der Waals surface area contributed by atoms with Crippen LogP contribution in [0.25, 0.3) is 5.57 Å². The molecular weight excluding hydrogens is 176 g/mol. The van der Waals surface area contributed by atoms with Crippen LogP contribution in [0.5, 0.6) is 11.5 Å². The van der Waals surface area contributed by atoms with Gasteiger partial charge in [0.1, 0.15) is 0 Å². The van der Waals surface area contributed by atoms with Gasteiger partial charge in [0.15, 0.2) is 11.5 Å². The second-order valence-electron chi connectivity index (χ2n) is 3.04. The molecule has 0 saturated heterocycles. The Hall–Kier alpha value is -1.44. The summed E-state index contributed by atoms with van der Waals surface area (Å²) in [5.41, 5.74) is 2.39. The van der Waals surface area contributed by atoms with Crippen LogP contribution in [0.4, 0.5) is 0 Å². The molecule has 0 spiro atoms. The maximum Gasteiger partial charge on any atom is 0.161 e. The smallest absolute Gasteiger partial charge is 0.161 e. The summed E-state index contributed by atoms with van der Waals surface area (Å²) < 4.78 is 10.4. The zero-order valence-electron chi connectivity index (χ0n) is 9.13. The average molecular weight is 192 g/mol. The number of methoxy groups -OCH3 is 2. The van der Waals surface area contributed by atoms with Crippen LogP contribution in [0.15, 0.2) is 24.3 Å². The molecule has 14 heavy (non-hydrogen) atoms. The summed E-state index contributed by atoms with van der Waals surface area (Å²) in [6.07, 6.45) is 2.07. The van der Waals surface area contributed by atoms with Crippen LogP contribution in [0.2, 0.25) is 0 Å². The monoisotopic (exact) mass is 192 g/mol. The summed E-state index contributed by atoms with van der Waals surface area (Å²) in [5.74, 6) is 1.53. The third kappa shape index (κ3) is 2.08. The number of benzene rings is 1. The number of hydrogen-bond donors (Lipinski definition) is 0. The van der Waals surface area contributed by atoms with Crippen molar-refractivity contribution < 1.29 is 9.47 Å². The molecule has 0 heterocycles. The third-order valence-electron chi connectivity index (χ3n) is 2.27. The minimum Gasteiger partial charge on any atom is -0.493 e. The lowest BCUT2D eigenvalue weighted by Crippen LogP contribution is -1.91. The molecule has 0 unspecified atom stereocenters. The van der Waals surface area contributed by atoms with Crippen LogP contribution in [-0.4, -0.2) is 14.2 Å². The van der Waals surface area contributed by atoms with Gasteiger partial charge in [-0.05, 0) is 37.1 Å². The van der Waals surface area contributed by atoms with Crippen molar-refractivity contribution in [3.8, 4) is 11.5 Å². The van der Waals surface area contributed by atoms with E-state index in [1.54, 1.807) is 14.2 Å². The van der Waals surface area contributed by atoms with Crippen molar-refractivity contribution in [3.05, 3.63) is 29.8 Å². The van der Waals surface area contributed by atoms with E-state index in [1.807, 2.05) is 25.1 Å². The molecule has 2 nitrogen and oxygen atoms in total. The van der Waals surface area contributed by atoms with Gasteiger partial charge < -0.3 is 9.47 Å². The molecular formula is C12H16O2. The van der Waals surface area contributed by atoms with E-state index in [0.717, 1.165) is 17.1 Å². The van der Waals surface area contributed by atoms with Crippen molar-refractivity contribution in [1.29, 1.82) is 0 Å².